The minimum Gasteiger partial charge on any atom is -0.333 e. The molecule has 2 amide bonds. The van der Waals surface area contributed by atoms with Crippen molar-refractivity contribution in [2.45, 2.75) is 37.3 Å². The summed E-state index contributed by atoms with van der Waals surface area (Å²) in [5.41, 5.74) is 2.63. The van der Waals surface area contributed by atoms with Gasteiger partial charge in [-0.05, 0) is 48.2 Å². The Morgan fingerprint density at radius 2 is 1.23 bits per heavy atom. The van der Waals surface area contributed by atoms with Crippen molar-refractivity contribution in [2.24, 2.45) is 0 Å². The van der Waals surface area contributed by atoms with Gasteiger partial charge in [0.05, 0.1) is 5.56 Å². The number of nitrogens with one attached hydrogen (secondary N) is 2. The highest BCUT2D eigenvalue weighted by Gasteiger charge is 2.36. The van der Waals surface area contributed by atoms with Gasteiger partial charge >= 0.3 is 12.4 Å². The van der Waals surface area contributed by atoms with Crippen LogP contribution in [0, 0.1) is 11.6 Å². The van der Waals surface area contributed by atoms with Crippen molar-refractivity contribution in [1.29, 1.82) is 0 Å². The predicted molar refractivity (Wildman–Crippen MR) is 140 cm³/mol. The number of halogens is 8. The summed E-state index contributed by atoms with van der Waals surface area (Å²) in [6, 6.07) is 9.71. The number of hydrogen-bond acceptors (Lipinski definition) is 6. The largest absolute Gasteiger partial charge is 0.446 e. The highest BCUT2D eigenvalue weighted by molar-refractivity contribution is 5.98. The highest BCUT2D eigenvalue weighted by Crippen LogP contribution is 2.27. The number of carbonyl (C=O) groups excluding carboxylic acids is 4. The van der Waals surface area contributed by atoms with E-state index in [1.54, 1.807) is 17.0 Å². The fraction of sp³-hybridized carbons (Fsp3) is 0.429. The first-order valence-electron chi connectivity index (χ1n) is 13.3. The maximum atomic E-state index is 13.6. The molecule has 240 valence electrons. The van der Waals surface area contributed by atoms with Crippen LogP contribution in [0.3, 0.4) is 0 Å². The van der Waals surface area contributed by atoms with E-state index < -0.39 is 24.9 Å². The molecule has 0 aromatic heterocycles. The third-order valence-electron chi connectivity index (χ3n) is 7.01. The lowest BCUT2D eigenvalue weighted by atomic mass is 9.92. The van der Waals surface area contributed by atoms with Crippen LogP contribution in [-0.4, -0.2) is 97.9 Å². The van der Waals surface area contributed by atoms with E-state index in [9.17, 15) is 44.7 Å². The van der Waals surface area contributed by atoms with Gasteiger partial charge in [0.1, 0.15) is 11.6 Å². The van der Waals surface area contributed by atoms with Crippen LogP contribution < -0.4 is 10.6 Å². The quantitative estimate of drug-likeness (QED) is 0.341. The molecule has 2 fully saturated rings. The van der Waals surface area contributed by atoms with E-state index in [0.29, 0.717) is 12.1 Å². The van der Waals surface area contributed by atoms with E-state index in [2.05, 4.69) is 10.6 Å². The molecule has 2 atom stereocenters. The number of piperazine rings is 2. The van der Waals surface area contributed by atoms with Crippen LogP contribution >= 0.6 is 0 Å². The Morgan fingerprint density at radius 3 is 1.75 bits per heavy atom. The summed E-state index contributed by atoms with van der Waals surface area (Å²) in [6.07, 6.45) is -9.89. The summed E-state index contributed by atoms with van der Waals surface area (Å²) in [5, 5.41) is 6.52. The molecular formula is C28H28F8N4O4. The molecule has 6 rings (SSSR count). The highest BCUT2D eigenvalue weighted by atomic mass is 19.4. The summed E-state index contributed by atoms with van der Waals surface area (Å²) in [5.74, 6) is -0.748. The van der Waals surface area contributed by atoms with E-state index in [4.69, 9.17) is 9.59 Å². The van der Waals surface area contributed by atoms with Crippen LogP contribution in [0.5, 0.6) is 0 Å². The number of carbonyl (C=O) groups is 4. The zero-order chi connectivity index (χ0) is 32.7. The van der Waals surface area contributed by atoms with Crippen molar-refractivity contribution in [3.8, 4) is 0 Å². The summed E-state index contributed by atoms with van der Waals surface area (Å²) < 4.78 is 89.2. The molecule has 0 aliphatic carbocycles. The predicted octanol–water partition coefficient (Wildman–Crippen LogP) is 3.09. The maximum absolute atomic E-state index is 13.6. The molecule has 2 aromatic rings. The SMILES string of the molecule is O=C1c2c(F)cccc2C[C@@H]2CNCCN12.O=C1c2ccc(F)cc2C[C@@H]2CNCCN12.O=CC(F)(F)F.O=CC(F)(F)F. The van der Waals surface area contributed by atoms with E-state index in [1.807, 2.05) is 11.0 Å². The molecule has 4 aliphatic rings. The number of hydrogen-bond donors (Lipinski definition) is 2. The molecular weight excluding hydrogens is 608 g/mol. The van der Waals surface area contributed by atoms with Gasteiger partial charge < -0.3 is 20.4 Å². The molecule has 0 unspecified atom stereocenters. The summed E-state index contributed by atoms with van der Waals surface area (Å²) in [7, 11) is 0. The van der Waals surface area contributed by atoms with E-state index in [1.165, 1.54) is 18.2 Å². The lowest BCUT2D eigenvalue weighted by Crippen LogP contribution is -2.56. The molecule has 8 nitrogen and oxygen atoms in total. The zero-order valence-electron chi connectivity index (χ0n) is 23.0. The fourth-order valence-electron chi connectivity index (χ4n) is 5.15. The first-order valence-corrected chi connectivity index (χ1v) is 13.3. The first-order chi connectivity index (χ1) is 20.6. The average Bonchev–Trinajstić information content (AvgIpc) is 2.97. The van der Waals surface area contributed by atoms with Crippen LogP contribution in [-0.2, 0) is 22.4 Å². The normalized spacial score (nSPS) is 20.5. The van der Waals surface area contributed by atoms with Gasteiger partial charge in [-0.3, -0.25) is 19.2 Å². The van der Waals surface area contributed by atoms with E-state index in [0.717, 1.165) is 56.7 Å². The van der Waals surface area contributed by atoms with Gasteiger partial charge in [0.2, 0.25) is 12.6 Å². The Labute approximate surface area is 246 Å². The van der Waals surface area contributed by atoms with Crippen LogP contribution in [0.25, 0.3) is 0 Å². The van der Waals surface area contributed by atoms with Gasteiger partial charge in [0.25, 0.3) is 11.8 Å². The van der Waals surface area contributed by atoms with Crippen molar-refractivity contribution >= 4 is 24.4 Å². The molecule has 0 radical (unpaired) electrons. The van der Waals surface area contributed by atoms with E-state index >= 15 is 0 Å². The number of amides is 2. The van der Waals surface area contributed by atoms with Crippen LogP contribution in [0.15, 0.2) is 36.4 Å². The summed E-state index contributed by atoms with van der Waals surface area (Å²) in [6.45, 7) is 4.69. The minimum atomic E-state index is -4.64. The number of fused-ring (bicyclic) bond motifs is 4. The number of benzene rings is 2. The molecule has 0 bridgehead atoms. The Bertz CT molecular complexity index is 1330. The summed E-state index contributed by atoms with van der Waals surface area (Å²) >= 11 is 0. The van der Waals surface area contributed by atoms with Crippen molar-refractivity contribution in [1.82, 2.24) is 20.4 Å². The topological polar surface area (TPSA) is 98.8 Å². The summed E-state index contributed by atoms with van der Waals surface area (Å²) in [4.78, 5) is 45.4. The molecule has 4 heterocycles. The lowest BCUT2D eigenvalue weighted by molar-refractivity contribution is -0.156. The van der Waals surface area contributed by atoms with Crippen LogP contribution in [0.2, 0.25) is 0 Å². The Morgan fingerprint density at radius 1 is 0.727 bits per heavy atom. The van der Waals surface area contributed by atoms with Crippen molar-refractivity contribution in [3.63, 3.8) is 0 Å². The zero-order valence-corrected chi connectivity index (χ0v) is 23.0. The monoisotopic (exact) mass is 636 g/mol. The standard InChI is InChI=1S/2C12H13FN2O.2C2HF3O/c13-9-1-2-11-8(5-9)6-10-7-14-3-4-15(10)12(11)16;13-10-3-1-2-8-6-9-7-14-4-5-15(9)12(16)11(8)10;2*3-2(4,5)1-6/h1-2,5,10,14H,3-4,6-7H2;1-3,9,14H,4-7H2;2*1H/t10-;9-;;/m11../s1. The van der Waals surface area contributed by atoms with Crippen molar-refractivity contribution in [3.05, 3.63) is 70.3 Å². The molecule has 2 saturated heterocycles. The number of nitrogens with zero attached hydrogens (tertiary/aromatic N) is 2. The van der Waals surface area contributed by atoms with Crippen LogP contribution in [0.1, 0.15) is 31.8 Å². The van der Waals surface area contributed by atoms with Gasteiger partial charge in [-0.2, -0.15) is 26.3 Å². The minimum absolute atomic E-state index is 0.0488. The second kappa shape index (κ2) is 14.7. The molecule has 44 heavy (non-hydrogen) atoms. The third-order valence-corrected chi connectivity index (χ3v) is 7.01. The number of aldehydes is 2. The third kappa shape index (κ3) is 9.29. The molecule has 0 saturated carbocycles. The number of rotatable bonds is 0. The van der Waals surface area contributed by atoms with E-state index in [-0.39, 0.29) is 41.1 Å². The average molecular weight is 637 g/mol. The second-order valence-electron chi connectivity index (χ2n) is 10.0. The Balaban J connectivity index is 0.000000178. The maximum Gasteiger partial charge on any atom is 0.446 e. The Hall–Kier alpha value is -3.92. The molecule has 2 aromatic carbocycles. The molecule has 0 spiro atoms. The first kappa shape index (κ1) is 34.6. The molecule has 2 N–H and O–H groups in total. The van der Waals surface area contributed by atoms with Crippen LogP contribution in [0.4, 0.5) is 35.1 Å². The molecule has 16 heteroatoms. The molecule has 4 aliphatic heterocycles. The van der Waals surface area contributed by atoms with Gasteiger partial charge in [0, 0.05) is 56.9 Å². The smallest absolute Gasteiger partial charge is 0.333 e. The lowest BCUT2D eigenvalue weighted by Gasteiger charge is -2.40. The fourth-order valence-corrected chi connectivity index (χ4v) is 5.15. The van der Waals surface area contributed by atoms with Crippen molar-refractivity contribution < 1.29 is 54.3 Å². The number of alkyl halides is 6. The second-order valence-corrected chi connectivity index (χ2v) is 10.0. The van der Waals surface area contributed by atoms with Gasteiger partial charge in [-0.15, -0.1) is 0 Å². The van der Waals surface area contributed by atoms with Gasteiger partial charge in [-0.25, -0.2) is 8.78 Å². The van der Waals surface area contributed by atoms with Gasteiger partial charge in [0.15, 0.2) is 0 Å². The Kier molecular flexibility index (Phi) is 11.6. The van der Waals surface area contributed by atoms with Crippen molar-refractivity contribution in [2.75, 3.05) is 39.3 Å². The van der Waals surface area contributed by atoms with Gasteiger partial charge in [-0.1, -0.05) is 12.1 Å².